The van der Waals surface area contributed by atoms with E-state index < -0.39 is 0 Å². The molecule has 1 saturated heterocycles. The van der Waals surface area contributed by atoms with Crippen LogP contribution in [-0.2, 0) is 0 Å². The van der Waals surface area contributed by atoms with Crippen molar-refractivity contribution in [3.05, 3.63) is 41.7 Å². The summed E-state index contributed by atoms with van der Waals surface area (Å²) in [5.41, 5.74) is 1.43. The van der Waals surface area contributed by atoms with Crippen molar-refractivity contribution in [2.24, 2.45) is 0 Å². The summed E-state index contributed by atoms with van der Waals surface area (Å²) < 4.78 is 0. The fourth-order valence-corrected chi connectivity index (χ4v) is 2.73. The second kappa shape index (κ2) is 5.92. The predicted octanol–water partition coefficient (Wildman–Crippen LogP) is 0.537. The molecule has 1 fully saturated rings. The van der Waals surface area contributed by atoms with Gasteiger partial charge in [-0.05, 0) is 12.8 Å². The van der Waals surface area contributed by atoms with Crippen LogP contribution in [-0.4, -0.2) is 50.5 Å². The standard InChI is InChI=1S/C14H16N6O2/c1-15-13(21)9-7-18-19-12(9)11-3-2-6-20(11)14(22)10-8-16-4-5-17-10/h4-5,7-8,11H,2-3,6H2,1H3,(H,15,21)(H,18,19)/t11-/m1/s1. The second-order valence-corrected chi connectivity index (χ2v) is 5.02. The first-order valence-corrected chi connectivity index (χ1v) is 7.04. The molecule has 8 heteroatoms. The smallest absolute Gasteiger partial charge is 0.274 e. The van der Waals surface area contributed by atoms with Crippen LogP contribution >= 0.6 is 0 Å². The van der Waals surface area contributed by atoms with E-state index in [2.05, 4.69) is 25.5 Å². The van der Waals surface area contributed by atoms with Crippen molar-refractivity contribution in [1.29, 1.82) is 0 Å². The van der Waals surface area contributed by atoms with E-state index in [1.54, 1.807) is 11.9 Å². The molecule has 3 heterocycles. The Hall–Kier alpha value is -2.77. The molecule has 0 bridgehead atoms. The van der Waals surface area contributed by atoms with E-state index in [4.69, 9.17) is 0 Å². The minimum Gasteiger partial charge on any atom is -0.355 e. The lowest BCUT2D eigenvalue weighted by Crippen LogP contribution is -2.32. The van der Waals surface area contributed by atoms with Crippen LogP contribution in [0.2, 0.25) is 0 Å². The normalized spacial score (nSPS) is 17.5. The molecule has 3 rings (SSSR count). The van der Waals surface area contributed by atoms with Crippen molar-refractivity contribution in [3.63, 3.8) is 0 Å². The van der Waals surface area contributed by atoms with E-state index in [9.17, 15) is 9.59 Å². The fourth-order valence-electron chi connectivity index (χ4n) is 2.73. The molecule has 2 aromatic heterocycles. The summed E-state index contributed by atoms with van der Waals surface area (Å²) in [5.74, 6) is -0.407. The Morgan fingerprint density at radius 3 is 2.95 bits per heavy atom. The number of rotatable bonds is 3. The van der Waals surface area contributed by atoms with Crippen LogP contribution in [0.3, 0.4) is 0 Å². The third kappa shape index (κ3) is 2.43. The van der Waals surface area contributed by atoms with Crippen LogP contribution in [0.25, 0.3) is 0 Å². The summed E-state index contributed by atoms with van der Waals surface area (Å²) in [6, 6.07) is -0.204. The maximum Gasteiger partial charge on any atom is 0.274 e. The van der Waals surface area contributed by atoms with Gasteiger partial charge in [0.25, 0.3) is 11.8 Å². The molecule has 22 heavy (non-hydrogen) atoms. The zero-order valence-electron chi connectivity index (χ0n) is 12.1. The summed E-state index contributed by atoms with van der Waals surface area (Å²) in [6.07, 6.45) is 7.59. The number of hydrogen-bond acceptors (Lipinski definition) is 5. The summed E-state index contributed by atoms with van der Waals surface area (Å²) in [5, 5.41) is 9.39. The van der Waals surface area contributed by atoms with Crippen LogP contribution in [0.15, 0.2) is 24.8 Å². The van der Waals surface area contributed by atoms with Crippen LogP contribution < -0.4 is 5.32 Å². The van der Waals surface area contributed by atoms with Gasteiger partial charge < -0.3 is 10.2 Å². The highest BCUT2D eigenvalue weighted by Gasteiger charge is 2.34. The van der Waals surface area contributed by atoms with Gasteiger partial charge >= 0.3 is 0 Å². The predicted molar refractivity (Wildman–Crippen MR) is 77.0 cm³/mol. The first-order valence-electron chi connectivity index (χ1n) is 7.04. The molecular weight excluding hydrogens is 284 g/mol. The molecule has 0 aliphatic carbocycles. The monoisotopic (exact) mass is 300 g/mol. The Bertz CT molecular complexity index is 684. The van der Waals surface area contributed by atoms with Crippen molar-refractivity contribution in [1.82, 2.24) is 30.4 Å². The molecule has 0 aromatic carbocycles. The lowest BCUT2D eigenvalue weighted by molar-refractivity contribution is 0.0723. The zero-order chi connectivity index (χ0) is 15.5. The van der Waals surface area contributed by atoms with E-state index in [1.165, 1.54) is 24.8 Å². The number of nitrogens with one attached hydrogen (secondary N) is 2. The first-order chi connectivity index (χ1) is 10.7. The highest BCUT2D eigenvalue weighted by molar-refractivity contribution is 5.96. The number of amides is 2. The molecule has 1 atom stereocenters. The molecule has 2 amide bonds. The highest BCUT2D eigenvalue weighted by Crippen LogP contribution is 2.33. The van der Waals surface area contributed by atoms with E-state index in [0.29, 0.717) is 23.5 Å². The number of carbonyl (C=O) groups is 2. The number of hydrogen-bond donors (Lipinski definition) is 2. The van der Waals surface area contributed by atoms with Crippen LogP contribution in [0.4, 0.5) is 0 Å². The van der Waals surface area contributed by atoms with E-state index in [1.807, 2.05) is 0 Å². The molecule has 0 spiro atoms. The molecule has 0 saturated carbocycles. The quantitative estimate of drug-likeness (QED) is 0.861. The van der Waals surface area contributed by atoms with Gasteiger partial charge in [-0.3, -0.25) is 19.7 Å². The molecule has 2 N–H and O–H groups in total. The number of aromatic amines is 1. The largest absolute Gasteiger partial charge is 0.355 e. The Labute approximate surface area is 127 Å². The van der Waals surface area contributed by atoms with Crippen LogP contribution in [0.5, 0.6) is 0 Å². The zero-order valence-corrected chi connectivity index (χ0v) is 12.1. The molecular formula is C14H16N6O2. The number of H-pyrrole nitrogens is 1. The Balaban J connectivity index is 1.90. The maximum absolute atomic E-state index is 12.6. The molecule has 1 aliphatic heterocycles. The van der Waals surface area contributed by atoms with Gasteiger partial charge in [0, 0.05) is 26.0 Å². The third-order valence-corrected chi connectivity index (χ3v) is 3.77. The van der Waals surface area contributed by atoms with Crippen molar-refractivity contribution >= 4 is 11.8 Å². The van der Waals surface area contributed by atoms with Crippen molar-refractivity contribution < 1.29 is 9.59 Å². The summed E-state index contributed by atoms with van der Waals surface area (Å²) in [6.45, 7) is 0.617. The van der Waals surface area contributed by atoms with E-state index in [-0.39, 0.29) is 17.9 Å². The van der Waals surface area contributed by atoms with Gasteiger partial charge in [-0.25, -0.2) is 4.98 Å². The van der Waals surface area contributed by atoms with Crippen LogP contribution in [0, 0.1) is 0 Å². The topological polar surface area (TPSA) is 104 Å². The van der Waals surface area contributed by atoms with Gasteiger partial charge in [0.05, 0.1) is 29.7 Å². The Morgan fingerprint density at radius 1 is 1.36 bits per heavy atom. The van der Waals surface area contributed by atoms with Gasteiger partial charge in [-0.2, -0.15) is 5.10 Å². The minimum atomic E-state index is -0.220. The maximum atomic E-state index is 12.6. The molecule has 114 valence electrons. The molecule has 0 radical (unpaired) electrons. The molecule has 0 unspecified atom stereocenters. The number of carbonyl (C=O) groups excluding carboxylic acids is 2. The minimum absolute atomic E-state index is 0.187. The van der Waals surface area contributed by atoms with Crippen molar-refractivity contribution in [2.45, 2.75) is 18.9 Å². The second-order valence-electron chi connectivity index (χ2n) is 5.02. The SMILES string of the molecule is CNC(=O)c1cn[nH]c1[C@H]1CCCN1C(=O)c1cnccn1. The lowest BCUT2D eigenvalue weighted by Gasteiger charge is -2.24. The number of nitrogens with zero attached hydrogens (tertiary/aromatic N) is 4. The fraction of sp³-hybridized carbons (Fsp3) is 0.357. The molecule has 8 nitrogen and oxygen atoms in total. The number of aromatic nitrogens is 4. The van der Waals surface area contributed by atoms with Crippen molar-refractivity contribution in [2.75, 3.05) is 13.6 Å². The average Bonchev–Trinajstić information content (AvgIpc) is 3.22. The van der Waals surface area contributed by atoms with Gasteiger partial charge in [0.1, 0.15) is 5.69 Å². The molecule has 2 aromatic rings. The van der Waals surface area contributed by atoms with Gasteiger partial charge in [-0.15, -0.1) is 0 Å². The summed E-state index contributed by atoms with van der Waals surface area (Å²) in [4.78, 5) is 34.2. The van der Waals surface area contributed by atoms with Crippen LogP contribution in [0.1, 0.15) is 45.4 Å². The van der Waals surface area contributed by atoms with E-state index in [0.717, 1.165) is 12.8 Å². The van der Waals surface area contributed by atoms with E-state index >= 15 is 0 Å². The first kappa shape index (κ1) is 14.2. The third-order valence-electron chi connectivity index (χ3n) is 3.77. The summed E-state index contributed by atoms with van der Waals surface area (Å²) in [7, 11) is 1.57. The highest BCUT2D eigenvalue weighted by atomic mass is 16.2. The Kier molecular flexibility index (Phi) is 3.82. The van der Waals surface area contributed by atoms with Gasteiger partial charge in [0.15, 0.2) is 0 Å². The number of likely N-dealkylation sites (tertiary alicyclic amines) is 1. The van der Waals surface area contributed by atoms with Gasteiger partial charge in [0.2, 0.25) is 0 Å². The lowest BCUT2D eigenvalue weighted by atomic mass is 10.1. The summed E-state index contributed by atoms with van der Waals surface area (Å²) >= 11 is 0. The molecule has 1 aliphatic rings. The Morgan fingerprint density at radius 2 is 2.23 bits per heavy atom. The average molecular weight is 300 g/mol. The van der Waals surface area contributed by atoms with Crippen molar-refractivity contribution in [3.8, 4) is 0 Å². The van der Waals surface area contributed by atoms with Gasteiger partial charge in [-0.1, -0.05) is 0 Å².